The van der Waals surface area contributed by atoms with E-state index in [-0.39, 0.29) is 6.10 Å². The van der Waals surface area contributed by atoms with Crippen molar-refractivity contribution < 1.29 is 9.26 Å². The van der Waals surface area contributed by atoms with Crippen molar-refractivity contribution >= 4 is 28.2 Å². The largest absolute Gasteiger partial charge is 0.375 e. The first-order chi connectivity index (χ1) is 8.81. The molecule has 1 unspecified atom stereocenters. The van der Waals surface area contributed by atoms with Gasteiger partial charge in [-0.3, -0.25) is 0 Å². The highest BCUT2D eigenvalue weighted by Gasteiger charge is 2.22. The standard InChI is InChI=1S/C10H12N4O2S2/c11-10-12-6(4-18-10)3-8-13-9(14-16-8)7-5-17-2-1-15-7/h4,7H,1-3,5H2,(H2,11,12). The first kappa shape index (κ1) is 11.9. The maximum Gasteiger partial charge on any atom is 0.232 e. The number of thioether (sulfide) groups is 1. The van der Waals surface area contributed by atoms with Crippen LogP contribution < -0.4 is 5.73 Å². The Morgan fingerprint density at radius 1 is 1.44 bits per heavy atom. The van der Waals surface area contributed by atoms with Gasteiger partial charge >= 0.3 is 0 Å². The monoisotopic (exact) mass is 284 g/mol. The normalized spacial score (nSPS) is 20.1. The second-order valence-electron chi connectivity index (χ2n) is 3.83. The van der Waals surface area contributed by atoms with Gasteiger partial charge in [-0.2, -0.15) is 16.7 Å². The fourth-order valence-corrected chi connectivity index (χ4v) is 3.07. The Labute approximate surface area is 112 Å². The van der Waals surface area contributed by atoms with E-state index in [4.69, 9.17) is 15.0 Å². The molecule has 0 spiro atoms. The van der Waals surface area contributed by atoms with Gasteiger partial charge in [0, 0.05) is 16.9 Å². The minimum atomic E-state index is -0.0539. The molecule has 0 amide bonds. The lowest BCUT2D eigenvalue weighted by Gasteiger charge is -2.18. The van der Waals surface area contributed by atoms with Gasteiger partial charge in [0.05, 0.1) is 18.7 Å². The highest BCUT2D eigenvalue weighted by molar-refractivity contribution is 7.99. The average molecular weight is 284 g/mol. The minimum Gasteiger partial charge on any atom is -0.375 e. The molecule has 1 aliphatic heterocycles. The van der Waals surface area contributed by atoms with Crippen LogP contribution in [0.2, 0.25) is 0 Å². The molecule has 0 radical (unpaired) electrons. The van der Waals surface area contributed by atoms with Crippen molar-refractivity contribution in [1.82, 2.24) is 15.1 Å². The quantitative estimate of drug-likeness (QED) is 0.913. The molecule has 3 rings (SSSR count). The molecule has 0 saturated carbocycles. The van der Waals surface area contributed by atoms with Crippen LogP contribution in [0.15, 0.2) is 9.90 Å². The predicted molar refractivity (Wildman–Crippen MR) is 69.6 cm³/mol. The molecule has 1 aliphatic rings. The van der Waals surface area contributed by atoms with Crippen molar-refractivity contribution in [3.8, 4) is 0 Å². The van der Waals surface area contributed by atoms with Crippen LogP contribution in [0.5, 0.6) is 0 Å². The predicted octanol–water partition coefficient (Wildman–Crippen LogP) is 1.50. The van der Waals surface area contributed by atoms with E-state index in [0.29, 0.717) is 23.3 Å². The number of thiazole rings is 1. The fourth-order valence-electron chi connectivity index (χ4n) is 1.67. The van der Waals surface area contributed by atoms with Crippen LogP contribution in [0.25, 0.3) is 0 Å². The van der Waals surface area contributed by atoms with Crippen molar-refractivity contribution in [3.05, 3.63) is 22.8 Å². The van der Waals surface area contributed by atoms with Crippen molar-refractivity contribution in [1.29, 1.82) is 0 Å². The van der Waals surface area contributed by atoms with Crippen molar-refractivity contribution in [2.24, 2.45) is 0 Å². The molecular formula is C10H12N4O2S2. The SMILES string of the molecule is Nc1nc(Cc2nc(C3CSCCO3)no2)cs1. The summed E-state index contributed by atoms with van der Waals surface area (Å²) in [4.78, 5) is 8.51. The molecule has 6 nitrogen and oxygen atoms in total. The summed E-state index contributed by atoms with van der Waals surface area (Å²) in [6.45, 7) is 0.738. The van der Waals surface area contributed by atoms with Crippen LogP contribution in [0, 0.1) is 0 Å². The Morgan fingerprint density at radius 2 is 2.39 bits per heavy atom. The number of nitrogen functional groups attached to an aromatic ring is 1. The minimum absolute atomic E-state index is 0.0539. The number of anilines is 1. The Hall–Kier alpha value is -1.12. The van der Waals surface area contributed by atoms with Crippen LogP contribution in [0.1, 0.15) is 23.5 Å². The van der Waals surface area contributed by atoms with Crippen LogP contribution in [0.4, 0.5) is 5.13 Å². The van der Waals surface area contributed by atoms with Crippen LogP contribution in [-0.2, 0) is 11.2 Å². The van der Waals surface area contributed by atoms with E-state index in [2.05, 4.69) is 15.1 Å². The first-order valence-corrected chi connectivity index (χ1v) is 7.56. The second-order valence-corrected chi connectivity index (χ2v) is 5.87. The molecule has 2 aromatic rings. The summed E-state index contributed by atoms with van der Waals surface area (Å²) in [6, 6.07) is 0. The number of aromatic nitrogens is 3. The zero-order valence-corrected chi connectivity index (χ0v) is 11.2. The fraction of sp³-hybridized carbons (Fsp3) is 0.500. The summed E-state index contributed by atoms with van der Waals surface area (Å²) in [6.07, 6.45) is 0.461. The number of nitrogens with two attached hydrogens (primary N) is 1. The molecule has 1 fully saturated rings. The summed E-state index contributed by atoms with van der Waals surface area (Å²) < 4.78 is 10.8. The lowest BCUT2D eigenvalue weighted by atomic mass is 10.3. The molecule has 96 valence electrons. The number of hydrogen-bond acceptors (Lipinski definition) is 8. The molecule has 0 aromatic carbocycles. The molecular weight excluding hydrogens is 272 g/mol. The second kappa shape index (κ2) is 5.25. The zero-order chi connectivity index (χ0) is 12.4. The van der Waals surface area contributed by atoms with E-state index < -0.39 is 0 Å². The van der Waals surface area contributed by atoms with E-state index in [1.165, 1.54) is 11.3 Å². The van der Waals surface area contributed by atoms with Crippen LogP contribution in [-0.4, -0.2) is 33.2 Å². The number of hydrogen-bond donors (Lipinski definition) is 1. The van der Waals surface area contributed by atoms with Gasteiger partial charge in [-0.25, -0.2) is 4.98 Å². The number of rotatable bonds is 3. The van der Waals surface area contributed by atoms with Gasteiger partial charge in [-0.1, -0.05) is 5.16 Å². The summed E-state index contributed by atoms with van der Waals surface area (Å²) in [5, 5.41) is 6.41. The molecule has 1 saturated heterocycles. The van der Waals surface area contributed by atoms with E-state index in [1.807, 2.05) is 17.1 Å². The van der Waals surface area contributed by atoms with Gasteiger partial charge in [0.2, 0.25) is 11.7 Å². The van der Waals surface area contributed by atoms with Gasteiger partial charge in [0.15, 0.2) is 5.13 Å². The maximum absolute atomic E-state index is 5.59. The summed E-state index contributed by atoms with van der Waals surface area (Å²) in [5.74, 6) is 3.08. The molecule has 1 atom stereocenters. The van der Waals surface area contributed by atoms with Gasteiger partial charge < -0.3 is 15.0 Å². The van der Waals surface area contributed by atoms with Gasteiger partial charge in [-0.15, -0.1) is 11.3 Å². The van der Waals surface area contributed by atoms with Crippen molar-refractivity contribution in [2.45, 2.75) is 12.5 Å². The maximum atomic E-state index is 5.59. The zero-order valence-electron chi connectivity index (χ0n) is 9.54. The molecule has 3 heterocycles. The Morgan fingerprint density at radius 3 is 3.11 bits per heavy atom. The van der Waals surface area contributed by atoms with E-state index >= 15 is 0 Å². The van der Waals surface area contributed by atoms with Crippen LogP contribution in [0.3, 0.4) is 0 Å². The van der Waals surface area contributed by atoms with E-state index in [0.717, 1.165) is 23.8 Å². The molecule has 18 heavy (non-hydrogen) atoms. The third-order valence-electron chi connectivity index (χ3n) is 2.49. The summed E-state index contributed by atoms with van der Waals surface area (Å²) in [5.41, 5.74) is 6.43. The number of ether oxygens (including phenoxy) is 1. The third kappa shape index (κ3) is 2.65. The van der Waals surface area contributed by atoms with Crippen molar-refractivity contribution in [3.63, 3.8) is 0 Å². The Kier molecular flexibility index (Phi) is 3.48. The molecule has 0 aliphatic carbocycles. The lowest BCUT2D eigenvalue weighted by Crippen LogP contribution is -2.16. The van der Waals surface area contributed by atoms with E-state index in [1.54, 1.807) is 0 Å². The van der Waals surface area contributed by atoms with Gasteiger partial charge in [0.25, 0.3) is 0 Å². The molecule has 0 bridgehead atoms. The first-order valence-electron chi connectivity index (χ1n) is 5.53. The smallest absolute Gasteiger partial charge is 0.232 e. The third-order valence-corrected chi connectivity index (χ3v) is 4.21. The summed E-state index contributed by atoms with van der Waals surface area (Å²) >= 11 is 3.25. The van der Waals surface area contributed by atoms with E-state index in [9.17, 15) is 0 Å². The topological polar surface area (TPSA) is 87.1 Å². The van der Waals surface area contributed by atoms with Gasteiger partial charge in [-0.05, 0) is 0 Å². The van der Waals surface area contributed by atoms with Crippen LogP contribution >= 0.6 is 23.1 Å². The molecule has 2 N–H and O–H groups in total. The average Bonchev–Trinajstić information content (AvgIpc) is 3.01. The molecule has 8 heteroatoms. The summed E-state index contributed by atoms with van der Waals surface area (Å²) in [7, 11) is 0. The highest BCUT2D eigenvalue weighted by atomic mass is 32.2. The highest BCUT2D eigenvalue weighted by Crippen LogP contribution is 2.24. The Bertz CT molecular complexity index is 521. The van der Waals surface area contributed by atoms with Crippen molar-refractivity contribution in [2.75, 3.05) is 23.8 Å². The van der Waals surface area contributed by atoms with Gasteiger partial charge in [0.1, 0.15) is 6.10 Å². The molecule has 2 aromatic heterocycles. The lowest BCUT2D eigenvalue weighted by molar-refractivity contribution is 0.0677. The number of nitrogens with zero attached hydrogens (tertiary/aromatic N) is 3. The Balaban J connectivity index is 1.69.